The monoisotopic (exact) mass is 291 g/mol. The van der Waals surface area contributed by atoms with Crippen LogP contribution in [0, 0.1) is 6.92 Å². The van der Waals surface area contributed by atoms with Gasteiger partial charge in [0.25, 0.3) is 5.91 Å². The summed E-state index contributed by atoms with van der Waals surface area (Å²) in [4.78, 5) is 15.9. The van der Waals surface area contributed by atoms with Crippen molar-refractivity contribution in [2.24, 2.45) is 5.84 Å². The van der Waals surface area contributed by atoms with Gasteiger partial charge in [-0.05, 0) is 37.6 Å². The zero-order valence-corrected chi connectivity index (χ0v) is 12.2. The van der Waals surface area contributed by atoms with Crippen molar-refractivity contribution in [3.63, 3.8) is 0 Å². The van der Waals surface area contributed by atoms with E-state index >= 15 is 0 Å². The van der Waals surface area contributed by atoms with E-state index in [2.05, 4.69) is 10.4 Å². The van der Waals surface area contributed by atoms with Crippen LogP contribution >= 0.6 is 11.3 Å². The maximum atomic E-state index is 11.5. The number of rotatable bonds is 5. The van der Waals surface area contributed by atoms with Crippen LogP contribution < -0.4 is 16.0 Å². The van der Waals surface area contributed by atoms with Crippen LogP contribution in [0.15, 0.2) is 29.6 Å². The molecule has 1 amide bonds. The van der Waals surface area contributed by atoms with Crippen LogP contribution in [-0.2, 0) is 4.79 Å². The molecule has 0 spiro atoms. The normalized spacial score (nSPS) is 11.9. The molecule has 1 aromatic carbocycles. The fourth-order valence-corrected chi connectivity index (χ4v) is 2.55. The van der Waals surface area contributed by atoms with E-state index in [1.54, 1.807) is 11.3 Å². The van der Waals surface area contributed by atoms with Crippen molar-refractivity contribution in [2.75, 3.05) is 0 Å². The molecule has 2 aromatic rings. The second-order valence-electron chi connectivity index (χ2n) is 4.34. The third kappa shape index (κ3) is 3.34. The Morgan fingerprint density at radius 2 is 2.15 bits per heavy atom. The molecular weight excluding hydrogens is 274 g/mol. The van der Waals surface area contributed by atoms with Gasteiger partial charge in [0.2, 0.25) is 0 Å². The number of ether oxygens (including phenoxy) is 1. The van der Waals surface area contributed by atoms with Crippen LogP contribution in [0.4, 0.5) is 0 Å². The van der Waals surface area contributed by atoms with E-state index in [0.29, 0.717) is 12.2 Å². The molecule has 1 heterocycles. The summed E-state index contributed by atoms with van der Waals surface area (Å²) in [6, 6.07) is 7.53. The van der Waals surface area contributed by atoms with Crippen molar-refractivity contribution in [1.29, 1.82) is 0 Å². The molecule has 20 heavy (non-hydrogen) atoms. The fraction of sp³-hybridized carbons (Fsp3) is 0.286. The summed E-state index contributed by atoms with van der Waals surface area (Å²) >= 11 is 1.60. The molecule has 2 rings (SSSR count). The average Bonchev–Trinajstić information content (AvgIpc) is 2.91. The molecule has 106 valence electrons. The van der Waals surface area contributed by atoms with Gasteiger partial charge in [0.05, 0.1) is 0 Å². The number of hydrogen-bond acceptors (Lipinski definition) is 5. The molecule has 0 bridgehead atoms. The molecule has 1 unspecified atom stereocenters. The molecule has 0 aliphatic carbocycles. The average molecular weight is 291 g/mol. The van der Waals surface area contributed by atoms with Gasteiger partial charge >= 0.3 is 0 Å². The summed E-state index contributed by atoms with van der Waals surface area (Å²) in [5.74, 6) is 5.43. The van der Waals surface area contributed by atoms with Crippen LogP contribution in [0.2, 0.25) is 0 Å². The van der Waals surface area contributed by atoms with E-state index in [1.807, 2.05) is 43.5 Å². The number of benzene rings is 1. The van der Waals surface area contributed by atoms with Crippen molar-refractivity contribution in [1.82, 2.24) is 10.4 Å². The van der Waals surface area contributed by atoms with Crippen LogP contribution in [0.1, 0.15) is 19.0 Å². The molecule has 0 radical (unpaired) electrons. The van der Waals surface area contributed by atoms with Gasteiger partial charge < -0.3 is 4.74 Å². The Hall–Kier alpha value is -1.92. The molecule has 6 heteroatoms. The number of nitrogens with one attached hydrogen (secondary N) is 1. The highest BCUT2D eigenvalue weighted by Gasteiger charge is 2.16. The minimum absolute atomic E-state index is 0.327. The van der Waals surface area contributed by atoms with Crippen LogP contribution in [-0.4, -0.2) is 17.0 Å². The zero-order valence-electron chi connectivity index (χ0n) is 11.4. The number of thiazole rings is 1. The van der Waals surface area contributed by atoms with Gasteiger partial charge in [-0.25, -0.2) is 10.8 Å². The topological polar surface area (TPSA) is 77.2 Å². The van der Waals surface area contributed by atoms with Crippen molar-refractivity contribution in [2.45, 2.75) is 26.4 Å². The summed E-state index contributed by atoms with van der Waals surface area (Å²) < 4.78 is 5.60. The molecule has 1 aromatic heterocycles. The first-order chi connectivity index (χ1) is 9.63. The Bertz CT molecular complexity index is 580. The van der Waals surface area contributed by atoms with Crippen molar-refractivity contribution in [3.05, 3.63) is 35.3 Å². The number of carbonyl (C=O) groups is 1. The summed E-state index contributed by atoms with van der Waals surface area (Å²) in [6.45, 7) is 3.83. The first kappa shape index (κ1) is 14.5. The summed E-state index contributed by atoms with van der Waals surface area (Å²) in [6.07, 6.45) is -0.0239. The Morgan fingerprint density at radius 3 is 2.65 bits per heavy atom. The van der Waals surface area contributed by atoms with E-state index in [0.717, 1.165) is 16.3 Å². The Kier molecular flexibility index (Phi) is 4.70. The van der Waals surface area contributed by atoms with E-state index < -0.39 is 6.10 Å². The lowest BCUT2D eigenvalue weighted by Gasteiger charge is -2.15. The van der Waals surface area contributed by atoms with Crippen LogP contribution in [0.25, 0.3) is 10.6 Å². The Labute approximate surface area is 121 Å². The number of hydrogen-bond donors (Lipinski definition) is 2. The van der Waals surface area contributed by atoms with Crippen LogP contribution in [0.5, 0.6) is 5.75 Å². The van der Waals surface area contributed by atoms with E-state index in [4.69, 9.17) is 10.6 Å². The van der Waals surface area contributed by atoms with E-state index in [1.165, 1.54) is 0 Å². The number of amides is 1. The standard InChI is InChI=1S/C14H17N3O2S/c1-3-12(13(18)17-15)19-11-6-4-10(5-7-11)14-16-9(2)8-20-14/h4-8,12H,3,15H2,1-2H3,(H,17,18). The number of nitrogens with zero attached hydrogens (tertiary/aromatic N) is 1. The second-order valence-corrected chi connectivity index (χ2v) is 5.20. The largest absolute Gasteiger partial charge is 0.481 e. The molecular formula is C14H17N3O2S. The molecule has 3 N–H and O–H groups in total. The highest BCUT2D eigenvalue weighted by molar-refractivity contribution is 7.13. The third-order valence-corrected chi connectivity index (χ3v) is 3.81. The molecule has 0 fully saturated rings. The SMILES string of the molecule is CCC(Oc1ccc(-c2nc(C)cs2)cc1)C(=O)NN. The van der Waals surface area contributed by atoms with E-state index in [9.17, 15) is 4.79 Å². The highest BCUT2D eigenvalue weighted by Crippen LogP contribution is 2.26. The fourth-order valence-electron chi connectivity index (χ4n) is 1.74. The van der Waals surface area contributed by atoms with Crippen molar-refractivity contribution in [3.8, 4) is 16.3 Å². The summed E-state index contributed by atoms with van der Waals surface area (Å²) in [7, 11) is 0. The number of nitrogens with two attached hydrogens (primary N) is 1. The van der Waals surface area contributed by atoms with Crippen molar-refractivity contribution < 1.29 is 9.53 Å². The first-order valence-corrected chi connectivity index (χ1v) is 7.21. The quantitative estimate of drug-likeness (QED) is 0.503. The molecule has 5 nitrogen and oxygen atoms in total. The predicted molar refractivity (Wildman–Crippen MR) is 79.3 cm³/mol. The minimum atomic E-state index is -0.576. The molecule has 1 atom stereocenters. The maximum Gasteiger partial charge on any atom is 0.274 e. The van der Waals surface area contributed by atoms with E-state index in [-0.39, 0.29) is 5.91 Å². The Morgan fingerprint density at radius 1 is 1.45 bits per heavy atom. The molecule has 0 saturated carbocycles. The summed E-state index contributed by atoms with van der Waals surface area (Å²) in [5.41, 5.74) is 4.15. The minimum Gasteiger partial charge on any atom is -0.481 e. The van der Waals surface area contributed by atoms with Gasteiger partial charge in [-0.1, -0.05) is 6.92 Å². The van der Waals surface area contributed by atoms with Gasteiger partial charge in [0, 0.05) is 16.6 Å². The molecule has 0 aliphatic rings. The number of carbonyl (C=O) groups excluding carboxylic acids is 1. The van der Waals surface area contributed by atoms with Crippen molar-refractivity contribution >= 4 is 17.2 Å². The Balaban J connectivity index is 2.10. The number of aromatic nitrogens is 1. The molecule has 0 aliphatic heterocycles. The maximum absolute atomic E-state index is 11.5. The van der Waals surface area contributed by atoms with Gasteiger partial charge in [-0.3, -0.25) is 10.2 Å². The highest BCUT2D eigenvalue weighted by atomic mass is 32.1. The number of aryl methyl sites for hydroxylation is 1. The van der Waals surface area contributed by atoms with Gasteiger partial charge in [-0.2, -0.15) is 0 Å². The smallest absolute Gasteiger partial charge is 0.274 e. The lowest BCUT2D eigenvalue weighted by molar-refractivity contribution is -0.128. The predicted octanol–water partition coefficient (Wildman–Crippen LogP) is 2.27. The molecule has 0 saturated heterocycles. The summed E-state index contributed by atoms with van der Waals surface area (Å²) in [5, 5.41) is 2.99. The van der Waals surface area contributed by atoms with Crippen LogP contribution in [0.3, 0.4) is 0 Å². The second kappa shape index (κ2) is 6.49. The zero-order chi connectivity index (χ0) is 14.5. The lowest BCUT2D eigenvalue weighted by Crippen LogP contribution is -2.41. The van der Waals surface area contributed by atoms with Gasteiger partial charge in [0.1, 0.15) is 10.8 Å². The lowest BCUT2D eigenvalue weighted by atomic mass is 10.2. The first-order valence-electron chi connectivity index (χ1n) is 6.33. The van der Waals surface area contributed by atoms with Gasteiger partial charge in [-0.15, -0.1) is 11.3 Å². The third-order valence-electron chi connectivity index (χ3n) is 2.80. The van der Waals surface area contributed by atoms with Gasteiger partial charge in [0.15, 0.2) is 6.10 Å². The number of hydrazine groups is 1.